The molecule has 5 atom stereocenters. The van der Waals surface area contributed by atoms with Crippen LogP contribution < -0.4 is 0 Å². The van der Waals surface area contributed by atoms with Crippen molar-refractivity contribution in [3.05, 3.63) is 0 Å². The van der Waals surface area contributed by atoms with Crippen LogP contribution in [0, 0.1) is 22.2 Å². The fourth-order valence-electron chi connectivity index (χ4n) is 4.34. The Morgan fingerprint density at radius 3 is 2.28 bits per heavy atom. The van der Waals surface area contributed by atoms with Crippen LogP contribution >= 0.6 is 0 Å². The smallest absolute Gasteiger partial charge is 0.347 e. The topological polar surface area (TPSA) is 78.9 Å². The van der Waals surface area contributed by atoms with E-state index >= 15 is 0 Å². The van der Waals surface area contributed by atoms with E-state index in [1.807, 2.05) is 27.7 Å². The van der Waals surface area contributed by atoms with Crippen LogP contribution in [0.1, 0.15) is 88.0 Å². The van der Waals surface area contributed by atoms with Crippen LogP contribution in [-0.2, 0) is 28.6 Å². The molecule has 2 fully saturated rings. The average molecular weight is 411 g/mol. The molecule has 5 unspecified atom stereocenters. The molecule has 0 aromatic heterocycles. The van der Waals surface area contributed by atoms with Gasteiger partial charge in [0.2, 0.25) is 0 Å². The molecule has 29 heavy (non-hydrogen) atoms. The third-order valence-corrected chi connectivity index (χ3v) is 6.70. The minimum Gasteiger partial charge on any atom is -0.458 e. The maximum Gasteiger partial charge on any atom is 0.347 e. The highest BCUT2D eigenvalue weighted by atomic mass is 16.6. The fraction of sp³-hybridized carbons (Fsp3) is 0.870. The van der Waals surface area contributed by atoms with Crippen molar-refractivity contribution in [3.8, 4) is 0 Å². The number of carbonyl (C=O) groups is 3. The first-order valence-corrected chi connectivity index (χ1v) is 10.6. The molecule has 1 saturated carbocycles. The quantitative estimate of drug-likeness (QED) is 0.493. The Bertz CT molecular complexity index is 670. The third kappa shape index (κ3) is 4.95. The molecule has 2 bridgehead atoms. The first kappa shape index (κ1) is 23.7. The second kappa shape index (κ2) is 7.59. The molecule has 1 saturated heterocycles. The number of hydrogen-bond donors (Lipinski definition) is 0. The Balaban J connectivity index is 2.07. The molecule has 0 radical (unpaired) electrons. The van der Waals surface area contributed by atoms with E-state index in [0.29, 0.717) is 25.7 Å². The summed E-state index contributed by atoms with van der Waals surface area (Å²) in [6, 6.07) is 0. The lowest BCUT2D eigenvalue weighted by Gasteiger charge is -2.44. The molecule has 1 heterocycles. The number of rotatable bonds is 5. The molecule has 0 aromatic rings. The summed E-state index contributed by atoms with van der Waals surface area (Å²) in [5, 5.41) is 0. The Labute approximate surface area is 175 Å². The van der Waals surface area contributed by atoms with Gasteiger partial charge in [0.05, 0.1) is 11.3 Å². The first-order valence-electron chi connectivity index (χ1n) is 10.6. The fourth-order valence-corrected chi connectivity index (χ4v) is 4.34. The molecule has 0 spiro atoms. The van der Waals surface area contributed by atoms with E-state index in [0.717, 1.165) is 0 Å². The van der Waals surface area contributed by atoms with Gasteiger partial charge in [-0.15, -0.1) is 0 Å². The van der Waals surface area contributed by atoms with E-state index in [1.54, 1.807) is 6.92 Å². The van der Waals surface area contributed by atoms with Gasteiger partial charge in [-0.1, -0.05) is 41.5 Å². The van der Waals surface area contributed by atoms with Crippen molar-refractivity contribution in [1.29, 1.82) is 0 Å². The SMILES string of the molecule is CC(OC(=O)C(C)(CC(C)(C)C)C(C)(C)C)C(=O)OC1(C)CCC2CC1OC2=O. The van der Waals surface area contributed by atoms with Gasteiger partial charge in [0.25, 0.3) is 0 Å². The summed E-state index contributed by atoms with van der Waals surface area (Å²) in [5.41, 5.74) is -2.06. The lowest BCUT2D eigenvalue weighted by molar-refractivity contribution is -0.194. The minimum absolute atomic E-state index is 0.0801. The largest absolute Gasteiger partial charge is 0.458 e. The predicted octanol–water partition coefficient (Wildman–Crippen LogP) is 4.43. The molecule has 0 aromatic carbocycles. The Morgan fingerprint density at radius 2 is 1.76 bits per heavy atom. The van der Waals surface area contributed by atoms with Crippen LogP contribution in [0.5, 0.6) is 0 Å². The minimum atomic E-state index is -1.03. The Hall–Kier alpha value is -1.59. The molecular formula is C23H38O6. The van der Waals surface area contributed by atoms with Crippen molar-refractivity contribution in [1.82, 2.24) is 0 Å². The Kier molecular flexibility index (Phi) is 6.20. The first-order chi connectivity index (χ1) is 13.0. The summed E-state index contributed by atoms with van der Waals surface area (Å²) in [7, 11) is 0. The summed E-state index contributed by atoms with van der Waals surface area (Å²) >= 11 is 0. The highest BCUT2D eigenvalue weighted by Gasteiger charge is 2.53. The second-order valence-corrected chi connectivity index (χ2v) is 11.5. The van der Waals surface area contributed by atoms with Crippen molar-refractivity contribution in [2.24, 2.45) is 22.2 Å². The van der Waals surface area contributed by atoms with Crippen molar-refractivity contribution in [3.63, 3.8) is 0 Å². The molecule has 0 amide bonds. The summed E-state index contributed by atoms with van der Waals surface area (Å²) in [4.78, 5) is 37.7. The number of ether oxygens (including phenoxy) is 3. The van der Waals surface area contributed by atoms with E-state index in [1.165, 1.54) is 6.92 Å². The summed E-state index contributed by atoms with van der Waals surface area (Å²) < 4.78 is 16.7. The van der Waals surface area contributed by atoms with Crippen LogP contribution in [0.25, 0.3) is 0 Å². The van der Waals surface area contributed by atoms with Crippen molar-refractivity contribution >= 4 is 17.9 Å². The molecule has 166 valence electrons. The van der Waals surface area contributed by atoms with Crippen molar-refractivity contribution < 1.29 is 28.6 Å². The zero-order valence-corrected chi connectivity index (χ0v) is 19.5. The highest BCUT2D eigenvalue weighted by Crippen LogP contribution is 2.48. The number of esters is 3. The van der Waals surface area contributed by atoms with Gasteiger partial charge in [-0.3, -0.25) is 9.59 Å². The average Bonchev–Trinajstić information content (AvgIpc) is 2.86. The zero-order chi connectivity index (χ0) is 22.4. The maximum absolute atomic E-state index is 13.1. The number of fused-ring (bicyclic) bond motifs is 2. The van der Waals surface area contributed by atoms with Crippen LogP contribution in [0.4, 0.5) is 0 Å². The molecule has 1 aliphatic heterocycles. The molecule has 0 N–H and O–H groups in total. The molecular weight excluding hydrogens is 372 g/mol. The van der Waals surface area contributed by atoms with Gasteiger partial charge in [0.15, 0.2) is 6.10 Å². The second-order valence-electron chi connectivity index (χ2n) is 11.5. The van der Waals surface area contributed by atoms with Gasteiger partial charge in [-0.25, -0.2) is 4.79 Å². The Morgan fingerprint density at radius 1 is 1.17 bits per heavy atom. The maximum atomic E-state index is 13.1. The van der Waals surface area contributed by atoms with Crippen LogP contribution in [0.15, 0.2) is 0 Å². The molecule has 6 nitrogen and oxygen atoms in total. The van der Waals surface area contributed by atoms with Crippen molar-refractivity contribution in [2.75, 3.05) is 0 Å². The van der Waals surface area contributed by atoms with Gasteiger partial charge in [0.1, 0.15) is 11.7 Å². The molecule has 2 aliphatic rings. The number of hydrogen-bond acceptors (Lipinski definition) is 6. The summed E-state index contributed by atoms with van der Waals surface area (Å²) in [5.74, 6) is -1.30. The lowest BCUT2D eigenvalue weighted by atomic mass is 9.61. The van der Waals surface area contributed by atoms with Gasteiger partial charge >= 0.3 is 17.9 Å². The highest BCUT2D eigenvalue weighted by molar-refractivity contribution is 5.83. The van der Waals surface area contributed by atoms with Crippen LogP contribution in [0.3, 0.4) is 0 Å². The molecule has 2 rings (SSSR count). The third-order valence-electron chi connectivity index (χ3n) is 6.70. The van der Waals surface area contributed by atoms with Gasteiger partial charge in [0, 0.05) is 6.42 Å². The molecule has 1 aliphatic carbocycles. The van der Waals surface area contributed by atoms with Crippen LogP contribution in [0.2, 0.25) is 0 Å². The van der Waals surface area contributed by atoms with E-state index in [2.05, 4.69) is 20.8 Å². The monoisotopic (exact) mass is 410 g/mol. The summed E-state index contributed by atoms with van der Waals surface area (Å²) in [6.45, 7) is 17.5. The van der Waals surface area contributed by atoms with E-state index in [-0.39, 0.29) is 22.7 Å². The predicted molar refractivity (Wildman–Crippen MR) is 109 cm³/mol. The zero-order valence-electron chi connectivity index (χ0n) is 19.5. The normalized spacial score (nSPS) is 30.2. The molecule has 6 heteroatoms. The number of carbonyl (C=O) groups excluding carboxylic acids is 3. The van der Waals surface area contributed by atoms with Crippen molar-refractivity contribution in [2.45, 2.75) is 106 Å². The van der Waals surface area contributed by atoms with Crippen LogP contribution in [-0.4, -0.2) is 35.7 Å². The van der Waals surface area contributed by atoms with E-state index in [9.17, 15) is 14.4 Å². The standard InChI is InChI=1S/C23H38O6/c1-14(27-19(26)22(8,21(5,6)7)13-20(2,3)4)17(24)29-23(9)11-10-15-12-16(23)28-18(15)25/h14-16H,10-13H2,1-9H3. The summed E-state index contributed by atoms with van der Waals surface area (Å²) in [6.07, 6.45) is 0.939. The van der Waals surface area contributed by atoms with E-state index in [4.69, 9.17) is 14.2 Å². The van der Waals surface area contributed by atoms with E-state index < -0.39 is 35.2 Å². The van der Waals surface area contributed by atoms with Gasteiger partial charge in [-0.05, 0) is 50.9 Å². The van der Waals surface area contributed by atoms with Gasteiger partial charge in [-0.2, -0.15) is 0 Å². The lowest BCUT2D eigenvalue weighted by Crippen LogP contribution is -2.49. The van der Waals surface area contributed by atoms with Gasteiger partial charge < -0.3 is 14.2 Å².